The van der Waals surface area contributed by atoms with Crippen molar-refractivity contribution in [2.24, 2.45) is 17.4 Å². The van der Waals surface area contributed by atoms with Crippen molar-refractivity contribution in [1.82, 2.24) is 25.9 Å². The molecule has 0 saturated carbocycles. The van der Waals surface area contributed by atoms with Crippen molar-refractivity contribution in [2.75, 3.05) is 6.54 Å². The monoisotopic (exact) mass is 511 g/mol. The van der Waals surface area contributed by atoms with Crippen LogP contribution in [0, 0.1) is 5.92 Å². The van der Waals surface area contributed by atoms with E-state index in [4.69, 9.17) is 11.5 Å². The zero-order valence-corrected chi connectivity index (χ0v) is 20.5. The molecular formula is C22H37N7O7. The Kier molecular flexibility index (Phi) is 13.1. The minimum Gasteiger partial charge on any atom is -0.481 e. The first-order valence-corrected chi connectivity index (χ1v) is 11.8. The summed E-state index contributed by atoms with van der Waals surface area (Å²) in [5.74, 6) is -5.27. The van der Waals surface area contributed by atoms with Crippen molar-refractivity contribution in [3.8, 4) is 0 Å². The molecule has 0 bridgehead atoms. The minimum atomic E-state index is -1.59. The number of carbonyl (C=O) groups excluding carboxylic acids is 3. The second-order valence-electron chi connectivity index (χ2n) is 8.60. The highest BCUT2D eigenvalue weighted by atomic mass is 16.4. The van der Waals surface area contributed by atoms with Gasteiger partial charge in [0.25, 0.3) is 0 Å². The Labute approximate surface area is 209 Å². The number of nitrogens with zero attached hydrogens (tertiary/aromatic N) is 1. The molecule has 0 fully saturated rings. The molecule has 1 aromatic rings. The fourth-order valence-corrected chi connectivity index (χ4v) is 3.28. The molecule has 10 N–H and O–H groups in total. The maximum atomic E-state index is 13.1. The van der Waals surface area contributed by atoms with Gasteiger partial charge in [0.05, 0.1) is 18.8 Å². The summed E-state index contributed by atoms with van der Waals surface area (Å²) in [6.45, 7) is 4.00. The average Bonchev–Trinajstić information content (AvgIpc) is 3.34. The number of hydrogen-bond acceptors (Lipinski definition) is 8. The summed E-state index contributed by atoms with van der Waals surface area (Å²) in [7, 11) is 0. The van der Waals surface area contributed by atoms with E-state index < -0.39 is 60.2 Å². The maximum Gasteiger partial charge on any atom is 0.326 e. The first kappa shape index (κ1) is 30.5. The van der Waals surface area contributed by atoms with Crippen LogP contribution in [0.2, 0.25) is 0 Å². The van der Waals surface area contributed by atoms with Crippen LogP contribution in [0.25, 0.3) is 0 Å². The summed E-state index contributed by atoms with van der Waals surface area (Å²) in [6, 6.07) is -4.98. The van der Waals surface area contributed by atoms with Gasteiger partial charge in [-0.2, -0.15) is 0 Å². The number of rotatable bonds is 17. The van der Waals surface area contributed by atoms with Crippen LogP contribution in [0.1, 0.15) is 51.6 Å². The van der Waals surface area contributed by atoms with Crippen LogP contribution in [0.4, 0.5) is 0 Å². The number of H-pyrrole nitrogens is 1. The highest BCUT2D eigenvalue weighted by Crippen LogP contribution is 2.08. The van der Waals surface area contributed by atoms with Crippen molar-refractivity contribution >= 4 is 29.7 Å². The van der Waals surface area contributed by atoms with Gasteiger partial charge in [0.1, 0.15) is 18.1 Å². The van der Waals surface area contributed by atoms with Gasteiger partial charge in [0, 0.05) is 18.3 Å². The molecule has 1 heterocycles. The first-order valence-electron chi connectivity index (χ1n) is 11.8. The molecule has 0 radical (unpaired) electrons. The van der Waals surface area contributed by atoms with Gasteiger partial charge in [-0.25, -0.2) is 9.78 Å². The van der Waals surface area contributed by atoms with Crippen LogP contribution in [0.3, 0.4) is 0 Å². The predicted octanol–water partition coefficient (Wildman–Crippen LogP) is -1.53. The van der Waals surface area contributed by atoms with Gasteiger partial charge >= 0.3 is 11.9 Å². The number of nitrogens with two attached hydrogens (primary N) is 2. The van der Waals surface area contributed by atoms with Crippen LogP contribution in [0.5, 0.6) is 0 Å². The fraction of sp³-hybridized carbons (Fsp3) is 0.636. The molecule has 1 aromatic heterocycles. The molecule has 14 nitrogen and oxygen atoms in total. The molecule has 0 saturated heterocycles. The van der Waals surface area contributed by atoms with Gasteiger partial charge in [0.2, 0.25) is 17.7 Å². The largest absolute Gasteiger partial charge is 0.481 e. The molecule has 0 aliphatic rings. The van der Waals surface area contributed by atoms with Crippen LogP contribution < -0.4 is 27.4 Å². The second-order valence-corrected chi connectivity index (χ2v) is 8.60. The summed E-state index contributed by atoms with van der Waals surface area (Å²) < 4.78 is 0. The topological polar surface area (TPSA) is 243 Å². The molecule has 36 heavy (non-hydrogen) atoms. The first-order chi connectivity index (χ1) is 17.0. The number of carboxylic acid groups (broad SMARTS) is 2. The Balaban J connectivity index is 3.04. The highest BCUT2D eigenvalue weighted by molar-refractivity contribution is 5.95. The standard InChI is InChI=1S/C22H37N7O7/c1-3-12(2)18(24)21(34)29-15(8-13-10-25-11-26-13)19(32)28-16(9-17(30)31)20(33)27-14(22(35)36)6-4-5-7-23/h10-12,14-16,18H,3-9,23-24H2,1-2H3,(H,25,26)(H,27,33)(H,28,32)(H,29,34)(H,30,31)(H,35,36). The number of nitrogens with one attached hydrogen (secondary N) is 4. The number of carboxylic acids is 2. The van der Waals surface area contributed by atoms with Crippen LogP contribution in [0.15, 0.2) is 12.5 Å². The lowest BCUT2D eigenvalue weighted by Gasteiger charge is -2.25. The number of unbranched alkanes of at least 4 members (excludes halogenated alkanes) is 1. The van der Waals surface area contributed by atoms with Gasteiger partial charge < -0.3 is 42.6 Å². The van der Waals surface area contributed by atoms with Crippen LogP contribution in [-0.2, 0) is 30.4 Å². The van der Waals surface area contributed by atoms with Gasteiger partial charge in [-0.1, -0.05) is 20.3 Å². The summed E-state index contributed by atoms with van der Waals surface area (Å²) in [6.07, 6.45) is 3.67. The van der Waals surface area contributed by atoms with Crippen molar-refractivity contribution < 1.29 is 34.2 Å². The average molecular weight is 512 g/mol. The van der Waals surface area contributed by atoms with E-state index in [-0.39, 0.29) is 18.8 Å². The molecule has 202 valence electrons. The maximum absolute atomic E-state index is 13.1. The lowest BCUT2D eigenvalue weighted by Crippen LogP contribution is -2.58. The number of aromatic amines is 1. The SMILES string of the molecule is CCC(C)C(N)C(=O)NC(Cc1cnc[nH]1)C(=O)NC(CC(=O)O)C(=O)NC(CCCCN)C(=O)O. The smallest absolute Gasteiger partial charge is 0.326 e. The normalized spacial score (nSPS) is 15.1. The van der Waals surface area contributed by atoms with E-state index >= 15 is 0 Å². The van der Waals surface area contributed by atoms with Crippen molar-refractivity contribution in [3.63, 3.8) is 0 Å². The van der Waals surface area contributed by atoms with Gasteiger partial charge in [0.15, 0.2) is 0 Å². The quantitative estimate of drug-likeness (QED) is 0.112. The molecule has 14 heteroatoms. The molecule has 5 atom stereocenters. The Morgan fingerprint density at radius 3 is 2.14 bits per heavy atom. The number of carbonyl (C=O) groups is 5. The van der Waals surface area contributed by atoms with Gasteiger partial charge in [-0.3, -0.25) is 19.2 Å². The summed E-state index contributed by atoms with van der Waals surface area (Å²) in [5.41, 5.74) is 11.9. The van der Waals surface area contributed by atoms with Crippen LogP contribution in [-0.4, -0.2) is 80.6 Å². The zero-order chi connectivity index (χ0) is 27.3. The third-order valence-corrected chi connectivity index (χ3v) is 5.74. The molecule has 0 aliphatic heterocycles. The van der Waals surface area contributed by atoms with E-state index in [1.165, 1.54) is 12.5 Å². The summed E-state index contributed by atoms with van der Waals surface area (Å²) in [4.78, 5) is 68.1. The third kappa shape index (κ3) is 10.4. The summed E-state index contributed by atoms with van der Waals surface area (Å²) in [5, 5.41) is 25.8. The molecule has 3 amide bonds. The van der Waals surface area contributed by atoms with E-state index in [0.717, 1.165) is 0 Å². The molecule has 5 unspecified atom stereocenters. The number of aliphatic carboxylic acids is 2. The summed E-state index contributed by atoms with van der Waals surface area (Å²) >= 11 is 0. The fourth-order valence-electron chi connectivity index (χ4n) is 3.28. The number of amides is 3. The van der Waals surface area contributed by atoms with Gasteiger partial charge in [-0.05, 0) is 31.7 Å². The second kappa shape index (κ2) is 15.5. The molecular weight excluding hydrogens is 474 g/mol. The number of imidazole rings is 1. The van der Waals surface area contributed by atoms with E-state index in [1.807, 2.05) is 6.92 Å². The lowest BCUT2D eigenvalue weighted by molar-refractivity contribution is -0.143. The lowest BCUT2D eigenvalue weighted by atomic mass is 9.98. The minimum absolute atomic E-state index is 0.0386. The Morgan fingerprint density at radius 1 is 1.00 bits per heavy atom. The zero-order valence-electron chi connectivity index (χ0n) is 20.5. The molecule has 0 aliphatic carbocycles. The predicted molar refractivity (Wildman–Crippen MR) is 128 cm³/mol. The molecule has 1 rings (SSSR count). The van der Waals surface area contributed by atoms with Gasteiger partial charge in [-0.15, -0.1) is 0 Å². The van der Waals surface area contributed by atoms with Crippen molar-refractivity contribution in [3.05, 3.63) is 18.2 Å². The Hall–Kier alpha value is -3.52. The van der Waals surface area contributed by atoms with Crippen molar-refractivity contribution in [1.29, 1.82) is 0 Å². The Morgan fingerprint density at radius 2 is 1.61 bits per heavy atom. The number of aromatic nitrogens is 2. The molecule has 0 aromatic carbocycles. The molecule has 0 spiro atoms. The number of hydrogen-bond donors (Lipinski definition) is 8. The van der Waals surface area contributed by atoms with E-state index in [9.17, 15) is 34.2 Å². The Bertz CT molecular complexity index is 878. The van der Waals surface area contributed by atoms with E-state index in [0.29, 0.717) is 31.5 Å². The highest BCUT2D eigenvalue weighted by Gasteiger charge is 2.32. The van der Waals surface area contributed by atoms with Crippen molar-refractivity contribution in [2.45, 2.75) is 76.5 Å². The third-order valence-electron chi connectivity index (χ3n) is 5.74. The van der Waals surface area contributed by atoms with E-state index in [2.05, 4.69) is 25.9 Å². The van der Waals surface area contributed by atoms with E-state index in [1.54, 1.807) is 6.92 Å². The van der Waals surface area contributed by atoms with Crippen LogP contribution >= 0.6 is 0 Å².